The molecule has 7 heteroatoms. The van der Waals surface area contributed by atoms with Gasteiger partial charge in [0.2, 0.25) is 5.91 Å². The number of carbonyl (C=O) groups excluding carboxylic acids is 1. The van der Waals surface area contributed by atoms with Gasteiger partial charge >= 0.3 is 5.97 Å². The number of ether oxygens (including phenoxy) is 1. The number of rotatable bonds is 7. The lowest BCUT2D eigenvalue weighted by Gasteiger charge is -2.13. The lowest BCUT2D eigenvalue weighted by molar-refractivity contribution is -0.124. The Bertz CT molecular complexity index is 683. The molecular formula is C16H19N3O4. The highest BCUT2D eigenvalue weighted by molar-refractivity contribution is 5.88. The van der Waals surface area contributed by atoms with Crippen molar-refractivity contribution in [1.29, 1.82) is 0 Å². The van der Waals surface area contributed by atoms with Gasteiger partial charge in [-0.2, -0.15) is 5.10 Å². The van der Waals surface area contributed by atoms with E-state index in [1.165, 1.54) is 19.2 Å². The summed E-state index contributed by atoms with van der Waals surface area (Å²) in [7, 11) is 1.49. The molecule has 0 bridgehead atoms. The van der Waals surface area contributed by atoms with Crippen LogP contribution in [0.1, 0.15) is 28.9 Å². The molecule has 0 spiro atoms. The van der Waals surface area contributed by atoms with Crippen LogP contribution in [-0.2, 0) is 11.2 Å². The standard InChI is InChI=1S/C16H19N3O4/c1-11(19-9-3-7-18-19)15(20)17-8-6-12-4-5-13(16(21)22)10-14(12)23-2/h3-5,7,9-11H,6,8H2,1-2H3,(H,17,20)(H,21,22). The first kappa shape index (κ1) is 16.5. The smallest absolute Gasteiger partial charge is 0.335 e. The third-order valence-electron chi connectivity index (χ3n) is 3.53. The summed E-state index contributed by atoms with van der Waals surface area (Å²) < 4.78 is 6.79. The van der Waals surface area contributed by atoms with Gasteiger partial charge in [0.1, 0.15) is 11.8 Å². The van der Waals surface area contributed by atoms with Gasteiger partial charge in [-0.3, -0.25) is 9.48 Å². The zero-order valence-corrected chi connectivity index (χ0v) is 13.0. The van der Waals surface area contributed by atoms with Crippen LogP contribution in [0.15, 0.2) is 36.7 Å². The number of amides is 1. The summed E-state index contributed by atoms with van der Waals surface area (Å²) in [6, 6.07) is 6.07. The largest absolute Gasteiger partial charge is 0.496 e. The first-order valence-corrected chi connectivity index (χ1v) is 7.20. The molecule has 1 heterocycles. The molecule has 2 aromatic rings. The molecule has 122 valence electrons. The van der Waals surface area contributed by atoms with Crippen LogP contribution in [0.5, 0.6) is 5.75 Å². The molecule has 0 saturated carbocycles. The average Bonchev–Trinajstić information content (AvgIpc) is 3.08. The van der Waals surface area contributed by atoms with Gasteiger partial charge in [0.05, 0.1) is 12.7 Å². The number of hydrogen-bond donors (Lipinski definition) is 2. The Morgan fingerprint density at radius 2 is 2.22 bits per heavy atom. The predicted molar refractivity (Wildman–Crippen MR) is 83.6 cm³/mol. The Morgan fingerprint density at radius 1 is 1.43 bits per heavy atom. The van der Waals surface area contributed by atoms with E-state index in [2.05, 4.69) is 10.4 Å². The number of carboxylic acid groups (broad SMARTS) is 1. The molecule has 1 aromatic carbocycles. The normalized spacial score (nSPS) is 11.7. The molecule has 2 rings (SSSR count). The topological polar surface area (TPSA) is 93.5 Å². The SMILES string of the molecule is COc1cc(C(=O)O)ccc1CCNC(=O)C(C)n1cccn1. The molecule has 0 fully saturated rings. The van der Waals surface area contributed by atoms with Crippen LogP contribution in [0.2, 0.25) is 0 Å². The molecule has 1 atom stereocenters. The Labute approximate surface area is 133 Å². The van der Waals surface area contributed by atoms with Gasteiger partial charge in [0.25, 0.3) is 0 Å². The van der Waals surface area contributed by atoms with Gasteiger partial charge in [-0.25, -0.2) is 4.79 Å². The minimum Gasteiger partial charge on any atom is -0.496 e. The molecular weight excluding hydrogens is 298 g/mol. The van der Waals surface area contributed by atoms with Crippen molar-refractivity contribution in [3.05, 3.63) is 47.8 Å². The molecule has 0 aliphatic rings. The second-order valence-electron chi connectivity index (χ2n) is 5.03. The number of carbonyl (C=O) groups is 2. The first-order valence-electron chi connectivity index (χ1n) is 7.20. The Hall–Kier alpha value is -2.83. The molecule has 0 saturated heterocycles. The average molecular weight is 317 g/mol. The van der Waals surface area contributed by atoms with E-state index in [0.29, 0.717) is 18.7 Å². The number of methoxy groups -OCH3 is 1. The van der Waals surface area contributed by atoms with Gasteiger partial charge in [-0.1, -0.05) is 6.07 Å². The molecule has 7 nitrogen and oxygen atoms in total. The predicted octanol–water partition coefficient (Wildman–Crippen LogP) is 1.51. The van der Waals surface area contributed by atoms with E-state index >= 15 is 0 Å². The summed E-state index contributed by atoms with van der Waals surface area (Å²) in [6.07, 6.45) is 3.90. The fourth-order valence-corrected chi connectivity index (χ4v) is 2.18. The number of hydrogen-bond acceptors (Lipinski definition) is 4. The van der Waals surface area contributed by atoms with Crippen LogP contribution in [0.4, 0.5) is 0 Å². The summed E-state index contributed by atoms with van der Waals surface area (Å²) in [5, 5.41) is 15.8. The van der Waals surface area contributed by atoms with Crippen LogP contribution >= 0.6 is 0 Å². The number of nitrogens with one attached hydrogen (secondary N) is 1. The lowest BCUT2D eigenvalue weighted by Crippen LogP contribution is -2.32. The quantitative estimate of drug-likeness (QED) is 0.807. The fourth-order valence-electron chi connectivity index (χ4n) is 2.18. The van der Waals surface area contributed by atoms with E-state index in [1.807, 2.05) is 0 Å². The van der Waals surface area contributed by atoms with Crippen LogP contribution < -0.4 is 10.1 Å². The lowest BCUT2D eigenvalue weighted by atomic mass is 10.1. The van der Waals surface area contributed by atoms with Crippen molar-refractivity contribution in [2.75, 3.05) is 13.7 Å². The molecule has 1 aromatic heterocycles. The Morgan fingerprint density at radius 3 is 2.83 bits per heavy atom. The summed E-state index contributed by atoms with van der Waals surface area (Å²) in [5.41, 5.74) is 1.01. The third kappa shape index (κ3) is 4.09. The van der Waals surface area contributed by atoms with Crippen molar-refractivity contribution in [2.45, 2.75) is 19.4 Å². The van der Waals surface area contributed by atoms with E-state index in [9.17, 15) is 9.59 Å². The van der Waals surface area contributed by atoms with Crippen molar-refractivity contribution in [3.8, 4) is 5.75 Å². The minimum atomic E-state index is -1.00. The molecule has 2 N–H and O–H groups in total. The summed E-state index contributed by atoms with van der Waals surface area (Å²) in [4.78, 5) is 23.0. The maximum atomic E-state index is 12.0. The number of aromatic nitrogens is 2. The van der Waals surface area contributed by atoms with Gasteiger partial charge in [-0.15, -0.1) is 0 Å². The molecule has 23 heavy (non-hydrogen) atoms. The van der Waals surface area contributed by atoms with Crippen molar-refractivity contribution < 1.29 is 19.4 Å². The zero-order chi connectivity index (χ0) is 16.8. The molecule has 0 aliphatic carbocycles. The highest BCUT2D eigenvalue weighted by Gasteiger charge is 2.15. The summed E-state index contributed by atoms with van der Waals surface area (Å²) >= 11 is 0. The van der Waals surface area contributed by atoms with Crippen LogP contribution in [-0.4, -0.2) is 40.4 Å². The Kier molecular flexibility index (Phi) is 5.35. The second-order valence-corrected chi connectivity index (χ2v) is 5.03. The summed E-state index contributed by atoms with van der Waals surface area (Å²) in [5.74, 6) is -0.634. The van der Waals surface area contributed by atoms with Crippen molar-refractivity contribution in [3.63, 3.8) is 0 Å². The summed E-state index contributed by atoms with van der Waals surface area (Å²) in [6.45, 7) is 2.19. The molecule has 0 aliphatic heterocycles. The van der Waals surface area contributed by atoms with Crippen LogP contribution in [0.25, 0.3) is 0 Å². The van der Waals surface area contributed by atoms with Gasteiger partial charge in [0, 0.05) is 18.9 Å². The maximum absolute atomic E-state index is 12.0. The van der Waals surface area contributed by atoms with Crippen molar-refractivity contribution in [1.82, 2.24) is 15.1 Å². The first-order chi connectivity index (χ1) is 11.0. The van der Waals surface area contributed by atoms with Gasteiger partial charge in [0.15, 0.2) is 0 Å². The highest BCUT2D eigenvalue weighted by atomic mass is 16.5. The second kappa shape index (κ2) is 7.44. The van der Waals surface area contributed by atoms with Gasteiger partial charge in [-0.05, 0) is 37.1 Å². The van der Waals surface area contributed by atoms with E-state index < -0.39 is 5.97 Å². The minimum absolute atomic E-state index is 0.130. The van der Waals surface area contributed by atoms with E-state index in [4.69, 9.17) is 9.84 Å². The van der Waals surface area contributed by atoms with Crippen LogP contribution in [0.3, 0.4) is 0 Å². The highest BCUT2D eigenvalue weighted by Crippen LogP contribution is 2.20. The fraction of sp³-hybridized carbons (Fsp3) is 0.312. The van der Waals surface area contributed by atoms with Crippen LogP contribution in [0, 0.1) is 0 Å². The monoisotopic (exact) mass is 317 g/mol. The van der Waals surface area contributed by atoms with Crippen molar-refractivity contribution in [2.24, 2.45) is 0 Å². The number of benzene rings is 1. The molecule has 1 unspecified atom stereocenters. The zero-order valence-electron chi connectivity index (χ0n) is 13.0. The number of nitrogens with zero attached hydrogens (tertiary/aromatic N) is 2. The van der Waals surface area contributed by atoms with E-state index in [0.717, 1.165) is 5.56 Å². The van der Waals surface area contributed by atoms with E-state index in [1.54, 1.807) is 36.1 Å². The molecule has 0 radical (unpaired) electrons. The number of carboxylic acids is 1. The number of aromatic carboxylic acids is 1. The van der Waals surface area contributed by atoms with E-state index in [-0.39, 0.29) is 17.5 Å². The van der Waals surface area contributed by atoms with Crippen molar-refractivity contribution >= 4 is 11.9 Å². The molecule has 1 amide bonds. The van der Waals surface area contributed by atoms with Gasteiger partial charge < -0.3 is 15.2 Å². The Balaban J connectivity index is 1.93. The maximum Gasteiger partial charge on any atom is 0.335 e. The third-order valence-corrected chi connectivity index (χ3v) is 3.53.